The zero-order valence-electron chi connectivity index (χ0n) is 18.4. The Kier molecular flexibility index (Phi) is 9.26. The first kappa shape index (κ1) is 28.8. The Morgan fingerprint density at radius 1 is 1.22 bits per heavy atom. The van der Waals surface area contributed by atoms with Gasteiger partial charge >= 0.3 is 18.2 Å². The molecule has 1 aliphatic carbocycles. The summed E-state index contributed by atoms with van der Waals surface area (Å²) in [5.74, 6) is -3.60. The normalized spacial score (nSPS) is 16.3. The molecule has 0 saturated heterocycles. The molecule has 0 fully saturated rings. The second-order valence-corrected chi connectivity index (χ2v) is 9.69. The van der Waals surface area contributed by atoms with Crippen LogP contribution in [0.1, 0.15) is 31.0 Å². The summed E-state index contributed by atoms with van der Waals surface area (Å²) in [6.45, 7) is 1.89. The number of rotatable bonds is 5. The van der Waals surface area contributed by atoms with Crippen LogP contribution in [0.2, 0.25) is 5.02 Å². The number of pyridine rings is 1. The van der Waals surface area contributed by atoms with Gasteiger partial charge in [-0.25, -0.2) is 22.4 Å². The van der Waals surface area contributed by atoms with Crippen LogP contribution in [0.5, 0.6) is 5.75 Å². The maximum atomic E-state index is 14.7. The van der Waals surface area contributed by atoms with Crippen LogP contribution in [-0.2, 0) is 14.6 Å². The minimum absolute atomic E-state index is 0.146. The van der Waals surface area contributed by atoms with Gasteiger partial charge in [0.25, 0.3) is 0 Å². The first-order chi connectivity index (χ1) is 16.7. The number of alkyl halides is 4. The van der Waals surface area contributed by atoms with Crippen LogP contribution in [-0.4, -0.2) is 47.8 Å². The number of carboxylic acids is 1. The molecule has 1 heterocycles. The summed E-state index contributed by atoms with van der Waals surface area (Å²) in [5.41, 5.74) is -2.08. The number of hydrogen-bond donors (Lipinski definition) is 4. The lowest BCUT2D eigenvalue weighted by Gasteiger charge is -2.17. The number of sulfone groups is 1. The van der Waals surface area contributed by atoms with Crippen molar-refractivity contribution in [2.75, 3.05) is 5.32 Å². The number of aromatic hydroxyl groups is 1. The van der Waals surface area contributed by atoms with Crippen LogP contribution in [0.15, 0.2) is 53.1 Å². The average Bonchev–Trinajstić information content (AvgIpc) is 3.19. The quantitative estimate of drug-likeness (QED) is 0.237. The predicted molar refractivity (Wildman–Crippen MR) is 121 cm³/mol. The summed E-state index contributed by atoms with van der Waals surface area (Å²) >= 11 is 5.95. The number of anilines is 1. The molecule has 196 valence electrons. The lowest BCUT2D eigenvalue weighted by atomic mass is 10.2. The van der Waals surface area contributed by atoms with Gasteiger partial charge in [-0.15, -0.1) is 0 Å². The Morgan fingerprint density at radius 3 is 2.36 bits per heavy atom. The van der Waals surface area contributed by atoms with Gasteiger partial charge in [0.2, 0.25) is 15.3 Å². The molecule has 2 aromatic rings. The van der Waals surface area contributed by atoms with E-state index in [1.165, 1.54) is 30.5 Å². The first-order valence-electron chi connectivity index (χ1n) is 10.0. The SMILES string of the molecule is CC1=CCC[C@H]1NC(=O)Nc1ccc(Cl)c(S(=O)(=O)C(F)c2ccccn2)c1O.O=C(O)C(F)(F)F. The topological polar surface area (TPSA) is 146 Å². The maximum absolute atomic E-state index is 14.7. The van der Waals surface area contributed by atoms with Gasteiger partial charge in [0.05, 0.1) is 22.4 Å². The Bertz CT molecular complexity index is 1260. The molecule has 3 rings (SSSR count). The summed E-state index contributed by atoms with van der Waals surface area (Å²) in [6, 6.07) is 5.78. The van der Waals surface area contributed by atoms with Crippen molar-refractivity contribution in [2.45, 2.75) is 42.4 Å². The third-order valence-corrected chi connectivity index (χ3v) is 7.02. The Labute approximate surface area is 207 Å². The van der Waals surface area contributed by atoms with Crippen LogP contribution in [0.25, 0.3) is 0 Å². The number of aliphatic carboxylic acids is 1. The zero-order chi connectivity index (χ0) is 27.3. The van der Waals surface area contributed by atoms with Gasteiger partial charge in [0, 0.05) is 6.20 Å². The Balaban J connectivity index is 0.000000572. The minimum atomic E-state index is -5.08. The number of carbonyl (C=O) groups is 2. The van der Waals surface area contributed by atoms with Gasteiger partial charge in [-0.05, 0) is 44.0 Å². The molecule has 36 heavy (non-hydrogen) atoms. The summed E-state index contributed by atoms with van der Waals surface area (Å²) in [4.78, 5) is 24.0. The van der Waals surface area contributed by atoms with Crippen molar-refractivity contribution in [1.82, 2.24) is 10.3 Å². The number of amides is 2. The van der Waals surface area contributed by atoms with E-state index in [1.807, 2.05) is 13.0 Å². The highest BCUT2D eigenvalue weighted by Gasteiger charge is 2.38. The summed E-state index contributed by atoms with van der Waals surface area (Å²) < 4.78 is 72.0. The highest BCUT2D eigenvalue weighted by molar-refractivity contribution is 7.91. The summed E-state index contributed by atoms with van der Waals surface area (Å²) in [5, 5.41) is 22.3. The third-order valence-electron chi connectivity index (χ3n) is 4.83. The highest BCUT2D eigenvalue weighted by Crippen LogP contribution is 2.42. The lowest BCUT2D eigenvalue weighted by molar-refractivity contribution is -0.192. The number of benzene rings is 1. The molecule has 1 unspecified atom stereocenters. The maximum Gasteiger partial charge on any atom is 0.490 e. The van der Waals surface area contributed by atoms with Crippen molar-refractivity contribution < 1.29 is 45.8 Å². The van der Waals surface area contributed by atoms with E-state index in [9.17, 15) is 35.9 Å². The largest absolute Gasteiger partial charge is 0.504 e. The smallest absolute Gasteiger partial charge is 0.490 e. The van der Waals surface area contributed by atoms with E-state index in [4.69, 9.17) is 21.5 Å². The third kappa shape index (κ3) is 7.07. The molecule has 9 nitrogen and oxygen atoms in total. The standard InChI is InChI=1S/C19H19ClFN3O4S.C2HF3O2/c1-11-5-4-7-13(11)23-19(26)24-14-9-8-12(20)17(16(14)25)29(27,28)18(21)15-6-2-3-10-22-15;3-2(4,5)1(6)7/h2-3,5-6,8-10,13,18,25H,4,7H2,1H3,(H2,23,24,26);(H,6,7)/t13-,18?;/m1./s1. The number of phenolic OH excluding ortho intramolecular Hbond substituents is 1. The number of phenols is 1. The van der Waals surface area contributed by atoms with Crippen molar-refractivity contribution in [3.05, 3.63) is 58.9 Å². The molecule has 1 aromatic heterocycles. The van der Waals surface area contributed by atoms with Crippen LogP contribution in [0.3, 0.4) is 0 Å². The summed E-state index contributed by atoms with van der Waals surface area (Å²) in [6.07, 6.45) is -0.231. The van der Waals surface area contributed by atoms with Gasteiger partial charge in [-0.1, -0.05) is 29.3 Å². The van der Waals surface area contributed by atoms with Crippen LogP contribution in [0.4, 0.5) is 28.0 Å². The molecule has 1 aromatic carbocycles. The van der Waals surface area contributed by atoms with Crippen molar-refractivity contribution in [3.63, 3.8) is 0 Å². The molecule has 15 heteroatoms. The molecule has 2 amide bonds. The van der Waals surface area contributed by atoms with Crippen LogP contribution in [0, 0.1) is 0 Å². The van der Waals surface area contributed by atoms with E-state index < -0.39 is 44.2 Å². The minimum Gasteiger partial charge on any atom is -0.504 e. The molecule has 0 saturated carbocycles. The average molecular weight is 554 g/mol. The van der Waals surface area contributed by atoms with Crippen molar-refractivity contribution in [1.29, 1.82) is 0 Å². The van der Waals surface area contributed by atoms with Gasteiger partial charge in [0.1, 0.15) is 4.90 Å². The van der Waals surface area contributed by atoms with Gasteiger partial charge in [-0.3, -0.25) is 4.98 Å². The monoisotopic (exact) mass is 553 g/mol. The zero-order valence-corrected chi connectivity index (χ0v) is 20.0. The fourth-order valence-corrected chi connectivity index (χ4v) is 4.90. The van der Waals surface area contributed by atoms with Gasteiger partial charge < -0.3 is 20.8 Å². The van der Waals surface area contributed by atoms with Crippen LogP contribution >= 0.6 is 11.6 Å². The fraction of sp³-hybridized carbons (Fsp3) is 0.286. The summed E-state index contributed by atoms with van der Waals surface area (Å²) in [7, 11) is -4.73. The molecule has 0 aliphatic heterocycles. The molecule has 0 radical (unpaired) electrons. The van der Waals surface area contributed by atoms with E-state index in [1.54, 1.807) is 0 Å². The second-order valence-electron chi connectivity index (χ2n) is 7.37. The lowest BCUT2D eigenvalue weighted by Crippen LogP contribution is -2.37. The van der Waals surface area contributed by atoms with Gasteiger partial charge in [0.15, 0.2) is 5.75 Å². The Hall–Kier alpha value is -3.39. The Morgan fingerprint density at radius 2 is 1.86 bits per heavy atom. The number of halogens is 5. The number of allylic oxidation sites excluding steroid dienone is 1. The number of nitrogens with zero attached hydrogens (tertiary/aromatic N) is 1. The number of nitrogens with one attached hydrogen (secondary N) is 2. The van der Waals surface area contributed by atoms with E-state index in [-0.39, 0.29) is 22.4 Å². The highest BCUT2D eigenvalue weighted by atomic mass is 35.5. The molecule has 2 atom stereocenters. The predicted octanol–water partition coefficient (Wildman–Crippen LogP) is 4.75. The first-order valence-corrected chi connectivity index (χ1v) is 11.9. The van der Waals surface area contributed by atoms with E-state index in [2.05, 4.69) is 15.6 Å². The van der Waals surface area contributed by atoms with Crippen molar-refractivity contribution in [3.8, 4) is 5.75 Å². The number of hydrogen-bond acceptors (Lipinski definition) is 6. The molecule has 0 spiro atoms. The number of carbonyl (C=O) groups excluding carboxylic acids is 1. The molecule has 4 N–H and O–H groups in total. The molecular weight excluding hydrogens is 534 g/mol. The van der Waals surface area contributed by atoms with Gasteiger partial charge in [-0.2, -0.15) is 13.2 Å². The molecule has 1 aliphatic rings. The number of aromatic nitrogens is 1. The van der Waals surface area contributed by atoms with Crippen molar-refractivity contribution >= 4 is 39.1 Å². The number of carboxylic acid groups (broad SMARTS) is 1. The fourth-order valence-electron chi connectivity index (χ4n) is 3.04. The van der Waals surface area contributed by atoms with Crippen molar-refractivity contribution in [2.24, 2.45) is 0 Å². The number of urea groups is 1. The van der Waals surface area contributed by atoms with Crippen LogP contribution < -0.4 is 10.6 Å². The second kappa shape index (κ2) is 11.6. The molecular formula is C21H20ClF4N3O6S. The van der Waals surface area contributed by atoms with E-state index in [0.717, 1.165) is 24.5 Å². The van der Waals surface area contributed by atoms with E-state index in [0.29, 0.717) is 0 Å². The molecule has 0 bridgehead atoms. The van der Waals surface area contributed by atoms with E-state index >= 15 is 0 Å².